The highest BCUT2D eigenvalue weighted by atomic mass is 32.1. The van der Waals surface area contributed by atoms with Crippen LogP contribution in [0.2, 0.25) is 0 Å². The van der Waals surface area contributed by atoms with E-state index in [4.69, 9.17) is 11.0 Å². The summed E-state index contributed by atoms with van der Waals surface area (Å²) in [5.41, 5.74) is 7.13. The van der Waals surface area contributed by atoms with Gasteiger partial charge in [0.05, 0.1) is 29.6 Å². The summed E-state index contributed by atoms with van der Waals surface area (Å²) < 4.78 is 0. The van der Waals surface area contributed by atoms with E-state index in [-0.39, 0.29) is 0 Å². The van der Waals surface area contributed by atoms with Crippen molar-refractivity contribution in [2.24, 2.45) is 5.73 Å². The Morgan fingerprint density at radius 3 is 2.60 bits per heavy atom. The van der Waals surface area contributed by atoms with Crippen molar-refractivity contribution >= 4 is 17.0 Å². The molecular formula is C16H15N3S. The first-order valence-corrected chi connectivity index (χ1v) is 7.03. The highest BCUT2D eigenvalue weighted by Crippen LogP contribution is 2.21. The molecule has 0 bridgehead atoms. The molecule has 20 heavy (non-hydrogen) atoms. The summed E-state index contributed by atoms with van der Waals surface area (Å²) in [6.45, 7) is 1.21. The van der Waals surface area contributed by atoms with E-state index in [1.807, 2.05) is 37.4 Å². The van der Waals surface area contributed by atoms with Crippen molar-refractivity contribution in [2.45, 2.75) is 6.54 Å². The Balaban J connectivity index is 2.05. The molecule has 0 spiro atoms. The summed E-state index contributed by atoms with van der Waals surface area (Å²) in [7, 11) is 2.03. The van der Waals surface area contributed by atoms with Crippen molar-refractivity contribution in [1.82, 2.24) is 0 Å². The zero-order valence-electron chi connectivity index (χ0n) is 11.3. The molecule has 1 aromatic carbocycles. The van der Waals surface area contributed by atoms with Crippen molar-refractivity contribution in [2.75, 3.05) is 18.5 Å². The molecule has 1 heterocycles. The largest absolute Gasteiger partial charge is 0.369 e. The van der Waals surface area contributed by atoms with Gasteiger partial charge in [-0.15, -0.1) is 11.3 Å². The van der Waals surface area contributed by atoms with Gasteiger partial charge >= 0.3 is 0 Å². The maximum absolute atomic E-state index is 8.79. The lowest BCUT2D eigenvalue weighted by Gasteiger charge is -2.18. The van der Waals surface area contributed by atoms with Crippen LogP contribution in [-0.4, -0.2) is 13.6 Å². The minimum absolute atomic E-state index is 0.387. The molecule has 4 heteroatoms. The quantitative estimate of drug-likeness (QED) is 0.880. The second-order valence-corrected chi connectivity index (χ2v) is 5.45. The van der Waals surface area contributed by atoms with Crippen molar-refractivity contribution < 1.29 is 0 Å². The highest BCUT2D eigenvalue weighted by molar-refractivity contribution is 7.12. The van der Waals surface area contributed by atoms with Crippen molar-refractivity contribution in [3.63, 3.8) is 0 Å². The van der Waals surface area contributed by atoms with Gasteiger partial charge in [-0.3, -0.25) is 0 Å². The molecule has 0 saturated carbocycles. The lowest BCUT2D eigenvalue weighted by molar-refractivity contribution is 0.940. The summed E-state index contributed by atoms with van der Waals surface area (Å²) in [5.74, 6) is 5.90. The number of rotatable bonds is 3. The van der Waals surface area contributed by atoms with Gasteiger partial charge in [0.2, 0.25) is 0 Å². The standard InChI is InChI=1S/C16H15N3S/c1-19(14-6-4-13(11-18)5-7-14)12-16-9-8-15(20-16)3-2-10-17/h4-9H,10,12,17H2,1H3. The Bertz CT molecular complexity index is 668. The van der Waals surface area contributed by atoms with E-state index in [2.05, 4.69) is 28.9 Å². The number of nitrogens with zero attached hydrogens (tertiary/aromatic N) is 2. The van der Waals surface area contributed by atoms with Crippen LogP contribution < -0.4 is 10.6 Å². The van der Waals surface area contributed by atoms with Gasteiger partial charge in [-0.25, -0.2) is 0 Å². The predicted octanol–water partition coefficient (Wildman–Crippen LogP) is 2.57. The zero-order chi connectivity index (χ0) is 14.4. The number of anilines is 1. The maximum atomic E-state index is 8.79. The van der Waals surface area contributed by atoms with Crippen LogP contribution in [0.1, 0.15) is 15.3 Å². The number of benzene rings is 1. The number of hydrogen-bond donors (Lipinski definition) is 1. The minimum Gasteiger partial charge on any atom is -0.369 e. The molecule has 0 amide bonds. The predicted molar refractivity (Wildman–Crippen MR) is 83.5 cm³/mol. The van der Waals surface area contributed by atoms with Crippen LogP contribution in [0, 0.1) is 23.2 Å². The first-order chi connectivity index (χ1) is 9.72. The fourth-order valence-electron chi connectivity index (χ4n) is 1.78. The molecule has 0 radical (unpaired) electrons. The fourth-order valence-corrected chi connectivity index (χ4v) is 2.72. The van der Waals surface area contributed by atoms with E-state index < -0.39 is 0 Å². The zero-order valence-corrected chi connectivity index (χ0v) is 12.1. The fraction of sp³-hybridized carbons (Fsp3) is 0.188. The molecule has 0 atom stereocenters. The summed E-state index contributed by atoms with van der Waals surface area (Å²) in [6.07, 6.45) is 0. The highest BCUT2D eigenvalue weighted by Gasteiger charge is 2.04. The average molecular weight is 281 g/mol. The topological polar surface area (TPSA) is 53.0 Å². The third-order valence-corrected chi connectivity index (χ3v) is 3.79. The molecule has 0 aliphatic carbocycles. The van der Waals surface area contributed by atoms with Gasteiger partial charge < -0.3 is 10.6 Å². The van der Waals surface area contributed by atoms with Gasteiger partial charge in [-0.2, -0.15) is 5.26 Å². The second-order valence-electron chi connectivity index (χ2n) is 4.29. The molecule has 1 aromatic heterocycles. The van der Waals surface area contributed by atoms with Crippen LogP contribution in [0.3, 0.4) is 0 Å². The number of nitrogens with two attached hydrogens (primary N) is 1. The smallest absolute Gasteiger partial charge is 0.0991 e. The van der Waals surface area contributed by atoms with Gasteiger partial charge in [0.25, 0.3) is 0 Å². The van der Waals surface area contributed by atoms with Gasteiger partial charge in [0.15, 0.2) is 0 Å². The second kappa shape index (κ2) is 6.77. The van der Waals surface area contributed by atoms with E-state index >= 15 is 0 Å². The van der Waals surface area contributed by atoms with Gasteiger partial charge in [-0.1, -0.05) is 11.8 Å². The summed E-state index contributed by atoms with van der Waals surface area (Å²) in [6, 6.07) is 13.8. The molecule has 0 aliphatic heterocycles. The number of hydrogen-bond acceptors (Lipinski definition) is 4. The summed E-state index contributed by atoms with van der Waals surface area (Å²) >= 11 is 1.68. The lowest BCUT2D eigenvalue weighted by atomic mass is 10.2. The normalized spacial score (nSPS) is 9.45. The molecule has 0 aliphatic rings. The first-order valence-electron chi connectivity index (χ1n) is 6.22. The van der Waals surface area contributed by atoms with Crippen molar-refractivity contribution in [3.05, 3.63) is 51.7 Å². The van der Waals surface area contributed by atoms with Crippen LogP contribution in [0.4, 0.5) is 5.69 Å². The minimum atomic E-state index is 0.387. The van der Waals surface area contributed by atoms with Gasteiger partial charge in [0.1, 0.15) is 0 Å². The molecule has 2 N–H and O–H groups in total. The molecule has 2 aromatic rings. The first kappa shape index (κ1) is 14.1. The summed E-state index contributed by atoms with van der Waals surface area (Å²) in [5, 5.41) is 8.79. The Kier molecular flexibility index (Phi) is 4.79. The summed E-state index contributed by atoms with van der Waals surface area (Å²) in [4.78, 5) is 4.43. The molecule has 0 saturated heterocycles. The molecular weight excluding hydrogens is 266 g/mol. The number of thiophene rings is 1. The van der Waals surface area contributed by atoms with E-state index in [1.165, 1.54) is 4.88 Å². The van der Waals surface area contributed by atoms with Crippen LogP contribution in [0.25, 0.3) is 0 Å². The third-order valence-electron chi connectivity index (χ3n) is 2.81. The Hall–Kier alpha value is -2.27. The van der Waals surface area contributed by atoms with Gasteiger partial charge in [0, 0.05) is 17.6 Å². The van der Waals surface area contributed by atoms with E-state index in [1.54, 1.807) is 11.3 Å². The lowest BCUT2D eigenvalue weighted by Crippen LogP contribution is -2.15. The SMILES string of the molecule is CN(Cc1ccc(C#CCN)s1)c1ccc(C#N)cc1. The van der Waals surface area contributed by atoms with Crippen LogP contribution in [0.5, 0.6) is 0 Å². The monoisotopic (exact) mass is 281 g/mol. The van der Waals surface area contributed by atoms with Crippen molar-refractivity contribution in [3.8, 4) is 17.9 Å². The van der Waals surface area contributed by atoms with E-state index in [9.17, 15) is 0 Å². The average Bonchev–Trinajstić information content (AvgIpc) is 2.92. The van der Waals surface area contributed by atoms with Crippen LogP contribution in [0.15, 0.2) is 36.4 Å². The molecule has 100 valence electrons. The Labute approximate surface area is 123 Å². The Morgan fingerprint density at radius 1 is 1.20 bits per heavy atom. The Morgan fingerprint density at radius 2 is 1.95 bits per heavy atom. The van der Waals surface area contributed by atoms with Crippen molar-refractivity contribution in [1.29, 1.82) is 5.26 Å². The molecule has 2 rings (SSSR count). The van der Waals surface area contributed by atoms with E-state index in [0.717, 1.165) is 17.1 Å². The molecule has 0 fully saturated rings. The molecule has 0 unspecified atom stereocenters. The van der Waals surface area contributed by atoms with Gasteiger partial charge in [-0.05, 0) is 36.4 Å². The number of nitriles is 1. The third kappa shape index (κ3) is 3.61. The molecule has 3 nitrogen and oxygen atoms in total. The van der Waals surface area contributed by atoms with E-state index in [0.29, 0.717) is 12.1 Å². The van der Waals surface area contributed by atoms with Crippen LogP contribution in [-0.2, 0) is 6.54 Å². The van der Waals surface area contributed by atoms with Crippen LogP contribution >= 0.6 is 11.3 Å². The maximum Gasteiger partial charge on any atom is 0.0991 e.